The van der Waals surface area contributed by atoms with Crippen molar-refractivity contribution in [3.8, 4) is 0 Å². The highest BCUT2D eigenvalue weighted by Crippen LogP contribution is 2.55. The Hall–Kier alpha value is -2.60. The zero-order valence-corrected chi connectivity index (χ0v) is 19.2. The van der Waals surface area contributed by atoms with Gasteiger partial charge in [-0.3, -0.25) is 0 Å². The van der Waals surface area contributed by atoms with Crippen LogP contribution in [0, 0.1) is 10.8 Å². The molecule has 0 nitrogen and oxygen atoms in total. The van der Waals surface area contributed by atoms with Crippen molar-refractivity contribution in [1.82, 2.24) is 0 Å². The molecule has 0 aliphatic rings. The molecule has 0 bridgehead atoms. The van der Waals surface area contributed by atoms with E-state index in [2.05, 4.69) is 126 Å². The second-order valence-electron chi connectivity index (χ2n) is 10.8. The van der Waals surface area contributed by atoms with E-state index in [9.17, 15) is 0 Å². The van der Waals surface area contributed by atoms with Crippen LogP contribution in [0.1, 0.15) is 64.5 Å². The lowest BCUT2D eigenvalue weighted by molar-refractivity contribution is 0.188. The summed E-state index contributed by atoms with van der Waals surface area (Å²) in [6.07, 6.45) is 0. The van der Waals surface area contributed by atoms with E-state index in [1.165, 1.54) is 32.7 Å². The van der Waals surface area contributed by atoms with Crippen molar-refractivity contribution in [2.24, 2.45) is 10.8 Å². The van der Waals surface area contributed by atoms with Crippen molar-refractivity contribution in [1.29, 1.82) is 0 Å². The highest BCUT2D eigenvalue weighted by atomic mass is 14.5. The van der Waals surface area contributed by atoms with Crippen LogP contribution in [0.2, 0.25) is 0 Å². The Balaban J connectivity index is 2.04. The fourth-order valence-corrected chi connectivity index (χ4v) is 5.34. The van der Waals surface area contributed by atoms with E-state index in [0.717, 1.165) is 0 Å². The molecule has 0 radical (unpaired) electrons. The van der Waals surface area contributed by atoms with Crippen LogP contribution >= 0.6 is 0 Å². The molecular weight excluding hydrogens is 360 g/mol. The van der Waals surface area contributed by atoms with E-state index in [1.54, 1.807) is 0 Å². The van der Waals surface area contributed by atoms with Gasteiger partial charge >= 0.3 is 0 Å². The van der Waals surface area contributed by atoms with Crippen LogP contribution < -0.4 is 0 Å². The Morgan fingerprint density at radius 1 is 0.433 bits per heavy atom. The first-order chi connectivity index (χ1) is 14.2. The first-order valence-corrected chi connectivity index (χ1v) is 11.1. The summed E-state index contributed by atoms with van der Waals surface area (Å²) in [5.74, 6) is 0.767. The summed E-state index contributed by atoms with van der Waals surface area (Å²) in [7, 11) is 0. The number of hydrogen-bond donors (Lipinski definition) is 0. The van der Waals surface area contributed by atoms with E-state index < -0.39 is 0 Å². The normalized spacial score (nSPS) is 14.7. The molecule has 0 amide bonds. The van der Waals surface area contributed by atoms with Crippen molar-refractivity contribution < 1.29 is 0 Å². The first-order valence-electron chi connectivity index (χ1n) is 11.1. The Morgan fingerprint density at radius 2 is 0.767 bits per heavy atom. The summed E-state index contributed by atoms with van der Waals surface area (Å²) < 4.78 is 0. The van der Waals surface area contributed by atoms with Gasteiger partial charge < -0.3 is 0 Å². The highest BCUT2D eigenvalue weighted by Gasteiger charge is 2.41. The van der Waals surface area contributed by atoms with Crippen molar-refractivity contribution in [2.45, 2.75) is 53.4 Å². The van der Waals surface area contributed by atoms with E-state index >= 15 is 0 Å². The van der Waals surface area contributed by atoms with Crippen molar-refractivity contribution >= 4 is 21.5 Å². The van der Waals surface area contributed by atoms with Crippen LogP contribution in [0.5, 0.6) is 0 Å². The van der Waals surface area contributed by atoms with Gasteiger partial charge in [0.25, 0.3) is 0 Å². The van der Waals surface area contributed by atoms with Crippen LogP contribution in [0.15, 0.2) is 84.9 Å². The van der Waals surface area contributed by atoms with Crippen molar-refractivity contribution in [3.63, 3.8) is 0 Å². The van der Waals surface area contributed by atoms with Gasteiger partial charge in [0, 0.05) is 0 Å². The average Bonchev–Trinajstić information content (AvgIpc) is 2.70. The molecule has 0 saturated heterocycles. The van der Waals surface area contributed by atoms with Crippen molar-refractivity contribution in [2.75, 3.05) is 0 Å². The van der Waals surface area contributed by atoms with Gasteiger partial charge in [-0.25, -0.2) is 0 Å². The first kappa shape index (κ1) is 20.7. The summed E-state index contributed by atoms with van der Waals surface area (Å²) >= 11 is 0. The smallest absolute Gasteiger partial charge is 0.00330 e. The van der Waals surface area contributed by atoms with E-state index in [-0.39, 0.29) is 10.8 Å². The molecule has 4 rings (SSSR count). The minimum atomic E-state index is 0.110. The zero-order chi connectivity index (χ0) is 21.5. The van der Waals surface area contributed by atoms with Crippen LogP contribution in [-0.2, 0) is 0 Å². The SMILES string of the molecule is CC(C)(C)C(c1cccc2ccccc12)C(c1cccc2ccccc12)C(C)(C)C. The molecule has 0 N–H and O–H groups in total. The molecular formula is C30H34. The van der Waals surface area contributed by atoms with Crippen LogP contribution in [-0.4, -0.2) is 0 Å². The summed E-state index contributed by atoms with van der Waals surface area (Å²) in [5.41, 5.74) is 3.15. The fourth-order valence-electron chi connectivity index (χ4n) is 5.34. The standard InChI is InChI=1S/C30H34/c1-29(2,3)27(25-19-11-15-21-13-7-9-17-23(21)25)28(30(4,5)6)26-20-12-16-22-14-8-10-18-24(22)26/h7-20,27-28H,1-6H3. The van der Waals surface area contributed by atoms with Gasteiger partial charge in [-0.15, -0.1) is 0 Å². The number of rotatable bonds is 3. The number of hydrogen-bond acceptors (Lipinski definition) is 0. The summed E-state index contributed by atoms with van der Waals surface area (Å²) in [4.78, 5) is 0. The second-order valence-corrected chi connectivity index (χ2v) is 10.8. The lowest BCUT2D eigenvalue weighted by atomic mass is 9.59. The van der Waals surface area contributed by atoms with Gasteiger partial charge in [0.15, 0.2) is 0 Å². The molecule has 2 atom stereocenters. The fraction of sp³-hybridized carbons (Fsp3) is 0.333. The zero-order valence-electron chi connectivity index (χ0n) is 19.2. The molecule has 2 unspecified atom stereocenters. The maximum Gasteiger partial charge on any atom is -0.00330 e. The lowest BCUT2D eigenvalue weighted by Gasteiger charge is -2.45. The van der Waals surface area contributed by atoms with Gasteiger partial charge in [0.1, 0.15) is 0 Å². The van der Waals surface area contributed by atoms with E-state index in [1.807, 2.05) is 0 Å². The highest BCUT2D eigenvalue weighted by molar-refractivity contribution is 5.88. The molecule has 0 aromatic heterocycles. The predicted molar refractivity (Wildman–Crippen MR) is 132 cm³/mol. The van der Waals surface area contributed by atoms with Gasteiger partial charge in [-0.1, -0.05) is 126 Å². The Kier molecular flexibility index (Phi) is 5.22. The summed E-state index contributed by atoms with van der Waals surface area (Å²) in [6.45, 7) is 14.4. The molecule has 0 spiro atoms. The molecule has 0 heteroatoms. The minimum absolute atomic E-state index is 0.110. The Morgan fingerprint density at radius 3 is 1.13 bits per heavy atom. The summed E-state index contributed by atoms with van der Waals surface area (Å²) in [6, 6.07) is 31.4. The molecule has 0 aliphatic carbocycles. The Labute approximate surface area is 182 Å². The van der Waals surface area contributed by atoms with Gasteiger partial charge in [-0.2, -0.15) is 0 Å². The molecule has 0 heterocycles. The van der Waals surface area contributed by atoms with Crippen LogP contribution in [0.3, 0.4) is 0 Å². The topological polar surface area (TPSA) is 0 Å². The summed E-state index contributed by atoms with van der Waals surface area (Å²) in [5, 5.41) is 5.42. The molecule has 30 heavy (non-hydrogen) atoms. The van der Waals surface area contributed by atoms with Gasteiger partial charge in [0.2, 0.25) is 0 Å². The largest absolute Gasteiger partial charge is 0.0616 e. The van der Waals surface area contributed by atoms with Crippen molar-refractivity contribution in [3.05, 3.63) is 96.1 Å². The second kappa shape index (κ2) is 7.58. The van der Waals surface area contributed by atoms with Gasteiger partial charge in [0.05, 0.1) is 0 Å². The Bertz CT molecular complexity index is 1060. The average molecular weight is 395 g/mol. The minimum Gasteiger partial charge on any atom is -0.0616 e. The maximum absolute atomic E-state index is 2.41. The van der Waals surface area contributed by atoms with E-state index in [0.29, 0.717) is 11.8 Å². The maximum atomic E-state index is 2.41. The third kappa shape index (κ3) is 3.76. The van der Waals surface area contributed by atoms with Crippen LogP contribution in [0.4, 0.5) is 0 Å². The van der Waals surface area contributed by atoms with Gasteiger partial charge in [-0.05, 0) is 55.3 Å². The molecule has 0 aliphatic heterocycles. The molecule has 154 valence electrons. The third-order valence-electron chi connectivity index (χ3n) is 6.52. The molecule has 4 aromatic carbocycles. The lowest BCUT2D eigenvalue weighted by Crippen LogP contribution is -2.33. The monoisotopic (exact) mass is 394 g/mol. The third-order valence-corrected chi connectivity index (χ3v) is 6.52. The molecule has 4 aromatic rings. The van der Waals surface area contributed by atoms with E-state index in [4.69, 9.17) is 0 Å². The number of benzene rings is 4. The van der Waals surface area contributed by atoms with Crippen LogP contribution in [0.25, 0.3) is 21.5 Å². The predicted octanol–water partition coefficient (Wildman–Crippen LogP) is 8.95. The molecule has 0 fully saturated rings. The molecule has 0 saturated carbocycles. The number of fused-ring (bicyclic) bond motifs is 2. The quantitative estimate of drug-likeness (QED) is 0.325.